The summed E-state index contributed by atoms with van der Waals surface area (Å²) in [6.45, 7) is 1.44. The lowest BCUT2D eigenvalue weighted by molar-refractivity contribution is -0.112. The summed E-state index contributed by atoms with van der Waals surface area (Å²) < 4.78 is 34.0. The first-order valence-electron chi connectivity index (χ1n) is 11.5. The van der Waals surface area contributed by atoms with E-state index >= 15 is 0 Å². The minimum atomic E-state index is -2.84. The first kappa shape index (κ1) is 25.5. The van der Waals surface area contributed by atoms with Crippen LogP contribution < -0.4 is 15.0 Å². The van der Waals surface area contributed by atoms with E-state index in [1.165, 1.54) is 17.4 Å². The number of aliphatic hydroxyl groups is 1. The Bertz CT molecular complexity index is 1640. The van der Waals surface area contributed by atoms with Gasteiger partial charge in [-0.2, -0.15) is 0 Å². The summed E-state index contributed by atoms with van der Waals surface area (Å²) in [7, 11) is 1.94. The van der Waals surface area contributed by atoms with E-state index < -0.39 is 12.0 Å². The highest BCUT2D eigenvalue weighted by Gasteiger charge is 2.50. The van der Waals surface area contributed by atoms with E-state index in [1.807, 2.05) is 54.9 Å². The van der Waals surface area contributed by atoms with E-state index in [0.717, 1.165) is 22.3 Å². The number of hydrogen-bond donors (Lipinski definition) is 2. The molecule has 0 bridgehead atoms. The lowest BCUT2D eigenvalue weighted by Gasteiger charge is -2.45. The molecule has 0 aliphatic carbocycles. The lowest BCUT2D eigenvalue weighted by Crippen LogP contribution is -2.66. The molecule has 0 unspecified atom stereocenters. The SMILES string of the molecule is Cc1cc(Nc2ncnc3cnc(N4CC(O)(C(F)F)C4)nc23)ccc1Oc1ccc2c(c1)ncn2C.Cl. The minimum absolute atomic E-state index is 0. The van der Waals surface area contributed by atoms with E-state index in [2.05, 4.69) is 30.2 Å². The topological polar surface area (TPSA) is 114 Å². The van der Waals surface area contributed by atoms with Gasteiger partial charge in [0.15, 0.2) is 11.4 Å². The third kappa shape index (κ3) is 4.52. The number of nitrogens with zero attached hydrogens (tertiary/aromatic N) is 7. The van der Waals surface area contributed by atoms with Crippen LogP contribution in [0.4, 0.5) is 26.2 Å². The van der Waals surface area contributed by atoms with Crippen LogP contribution in [0.25, 0.3) is 22.1 Å². The van der Waals surface area contributed by atoms with Crippen LogP contribution in [-0.2, 0) is 7.05 Å². The van der Waals surface area contributed by atoms with Gasteiger partial charge >= 0.3 is 0 Å². The molecule has 3 aromatic heterocycles. The molecule has 1 aliphatic rings. The number of halogens is 3. The van der Waals surface area contributed by atoms with Gasteiger partial charge in [0.2, 0.25) is 5.95 Å². The molecule has 0 saturated carbocycles. The number of ether oxygens (including phenoxy) is 1. The number of anilines is 3. The van der Waals surface area contributed by atoms with E-state index in [1.54, 1.807) is 6.33 Å². The molecular formula is C25H23ClF2N8O2. The highest BCUT2D eigenvalue weighted by Crippen LogP contribution is 2.33. The molecule has 1 fully saturated rings. The smallest absolute Gasteiger partial charge is 0.270 e. The fourth-order valence-electron chi connectivity index (χ4n) is 4.27. The molecule has 0 radical (unpaired) electrons. The number of aryl methyl sites for hydroxylation is 2. The maximum atomic E-state index is 13.0. The zero-order chi connectivity index (χ0) is 25.7. The molecule has 5 aromatic rings. The van der Waals surface area contributed by atoms with E-state index in [0.29, 0.717) is 28.4 Å². The summed E-state index contributed by atoms with van der Waals surface area (Å²) in [5, 5.41) is 13.1. The third-order valence-corrected chi connectivity index (χ3v) is 6.35. The van der Waals surface area contributed by atoms with Gasteiger partial charge in [0.1, 0.15) is 28.9 Å². The second kappa shape index (κ2) is 9.62. The van der Waals surface area contributed by atoms with Crippen molar-refractivity contribution >= 4 is 51.9 Å². The molecule has 38 heavy (non-hydrogen) atoms. The van der Waals surface area contributed by atoms with Crippen molar-refractivity contribution in [2.24, 2.45) is 7.05 Å². The van der Waals surface area contributed by atoms with Crippen LogP contribution >= 0.6 is 12.4 Å². The molecule has 6 rings (SSSR count). The number of nitrogens with one attached hydrogen (secondary N) is 1. The molecule has 10 nitrogen and oxygen atoms in total. The van der Waals surface area contributed by atoms with Crippen molar-refractivity contribution in [1.29, 1.82) is 0 Å². The average Bonchev–Trinajstić information content (AvgIpc) is 3.23. The maximum Gasteiger partial charge on any atom is 0.270 e. The fraction of sp³-hybridized carbons (Fsp3) is 0.240. The van der Waals surface area contributed by atoms with Gasteiger partial charge in [-0.15, -0.1) is 12.4 Å². The van der Waals surface area contributed by atoms with Crippen molar-refractivity contribution in [2.45, 2.75) is 19.0 Å². The molecule has 2 N–H and O–H groups in total. The number of rotatable bonds is 6. The number of β-amino-alcohol motifs (C(OH)–C–C–N with tert-alkyl or cyclic N) is 1. The Morgan fingerprint density at radius 3 is 2.63 bits per heavy atom. The number of imidazole rings is 1. The Kier molecular flexibility index (Phi) is 6.45. The summed E-state index contributed by atoms with van der Waals surface area (Å²) in [6.07, 6.45) is 1.82. The first-order chi connectivity index (χ1) is 17.8. The highest BCUT2D eigenvalue weighted by molar-refractivity contribution is 5.87. The second-order valence-electron chi connectivity index (χ2n) is 9.10. The Balaban J connectivity index is 0.00000294. The van der Waals surface area contributed by atoms with Crippen molar-refractivity contribution in [3.8, 4) is 11.5 Å². The Morgan fingerprint density at radius 2 is 1.87 bits per heavy atom. The number of aromatic nitrogens is 6. The van der Waals surface area contributed by atoms with Crippen LogP contribution in [0.2, 0.25) is 0 Å². The fourth-order valence-corrected chi connectivity index (χ4v) is 4.27. The number of alkyl halides is 2. The summed E-state index contributed by atoms with van der Waals surface area (Å²) in [6, 6.07) is 11.4. The van der Waals surface area contributed by atoms with Crippen LogP contribution in [0.1, 0.15) is 5.56 Å². The minimum Gasteiger partial charge on any atom is -0.457 e. The van der Waals surface area contributed by atoms with Crippen molar-refractivity contribution < 1.29 is 18.6 Å². The van der Waals surface area contributed by atoms with Gasteiger partial charge in [-0.25, -0.2) is 33.7 Å². The van der Waals surface area contributed by atoms with Gasteiger partial charge in [0, 0.05) is 18.8 Å². The van der Waals surface area contributed by atoms with Gasteiger partial charge in [0.25, 0.3) is 6.43 Å². The normalized spacial score (nSPS) is 14.4. The van der Waals surface area contributed by atoms with Crippen molar-refractivity contribution in [1.82, 2.24) is 29.5 Å². The summed E-state index contributed by atoms with van der Waals surface area (Å²) >= 11 is 0. The van der Waals surface area contributed by atoms with E-state index in [9.17, 15) is 13.9 Å². The molecule has 2 aromatic carbocycles. The predicted molar refractivity (Wildman–Crippen MR) is 141 cm³/mol. The lowest BCUT2D eigenvalue weighted by atomic mass is 9.95. The molecule has 4 heterocycles. The van der Waals surface area contributed by atoms with Gasteiger partial charge in [-0.3, -0.25) is 0 Å². The summed E-state index contributed by atoms with van der Waals surface area (Å²) in [5.74, 6) is 2.04. The second-order valence-corrected chi connectivity index (χ2v) is 9.10. The molecule has 1 aliphatic heterocycles. The van der Waals surface area contributed by atoms with Crippen molar-refractivity contribution in [3.05, 3.63) is 60.8 Å². The summed E-state index contributed by atoms with van der Waals surface area (Å²) in [4.78, 5) is 23.1. The molecule has 13 heteroatoms. The monoisotopic (exact) mass is 540 g/mol. The van der Waals surface area contributed by atoms with Gasteiger partial charge in [0.05, 0.1) is 36.6 Å². The Morgan fingerprint density at radius 1 is 1.05 bits per heavy atom. The maximum absolute atomic E-state index is 13.0. The van der Waals surface area contributed by atoms with Crippen LogP contribution in [0.5, 0.6) is 11.5 Å². The molecule has 196 valence electrons. The Labute approximate surface area is 221 Å². The predicted octanol–water partition coefficient (Wildman–Crippen LogP) is 4.39. The first-order valence-corrected chi connectivity index (χ1v) is 11.5. The molecule has 0 spiro atoms. The molecule has 1 saturated heterocycles. The standard InChI is InChI=1S/C25H22F2N8O2.ClH/c1-14-7-15(3-6-20(14)37-16-4-5-19-17(8-16)31-13-34(19)2)32-22-21-18(29-12-30-22)9-28-24(33-21)35-10-25(36,11-35)23(26)27;/h3-9,12-13,23,36H,10-11H2,1-2H3,(H,29,30,32);1H. The number of hydrogen-bond acceptors (Lipinski definition) is 9. The third-order valence-electron chi connectivity index (χ3n) is 6.35. The molecular weight excluding hydrogens is 518 g/mol. The quantitative estimate of drug-likeness (QED) is 0.323. The zero-order valence-corrected chi connectivity index (χ0v) is 21.2. The highest BCUT2D eigenvalue weighted by atomic mass is 35.5. The van der Waals surface area contributed by atoms with Crippen molar-refractivity contribution in [2.75, 3.05) is 23.3 Å². The summed E-state index contributed by atoms with van der Waals surface area (Å²) in [5.41, 5.74) is 2.40. The van der Waals surface area contributed by atoms with Gasteiger partial charge in [-0.1, -0.05) is 0 Å². The largest absolute Gasteiger partial charge is 0.457 e. The Hall–Kier alpha value is -4.16. The van der Waals surface area contributed by atoms with E-state index in [-0.39, 0.29) is 31.4 Å². The zero-order valence-electron chi connectivity index (χ0n) is 20.3. The average molecular weight is 541 g/mol. The van der Waals surface area contributed by atoms with E-state index in [4.69, 9.17) is 4.74 Å². The van der Waals surface area contributed by atoms with Crippen LogP contribution in [0, 0.1) is 6.92 Å². The number of benzene rings is 2. The van der Waals surface area contributed by atoms with Crippen LogP contribution in [-0.4, -0.2) is 59.7 Å². The molecule has 0 atom stereocenters. The van der Waals surface area contributed by atoms with Crippen LogP contribution in [0.15, 0.2) is 55.2 Å². The van der Waals surface area contributed by atoms with Crippen molar-refractivity contribution in [3.63, 3.8) is 0 Å². The van der Waals surface area contributed by atoms with Gasteiger partial charge < -0.3 is 24.6 Å². The van der Waals surface area contributed by atoms with Gasteiger partial charge in [-0.05, 0) is 42.8 Å². The molecule has 0 amide bonds. The van der Waals surface area contributed by atoms with Crippen LogP contribution in [0.3, 0.4) is 0 Å². The number of fused-ring (bicyclic) bond motifs is 2.